The van der Waals surface area contributed by atoms with Gasteiger partial charge in [0.15, 0.2) is 18.9 Å². The second kappa shape index (κ2) is 34.5. The molecule has 0 aliphatic carbocycles. The van der Waals surface area contributed by atoms with Crippen LogP contribution in [-0.2, 0) is 103 Å². The summed E-state index contributed by atoms with van der Waals surface area (Å²) in [7, 11) is -4.16. The molecular formula is C58H75ClNNaO19S. The first-order valence-electron chi connectivity index (χ1n) is 27.1. The number of hydrogen-bond acceptors (Lipinski definition) is 19. The van der Waals surface area contributed by atoms with Gasteiger partial charge >= 0.3 is 35.5 Å². The van der Waals surface area contributed by atoms with E-state index in [-0.39, 0.29) is 75.2 Å². The number of carbonyl (C=O) groups excluding carboxylic acids is 2. The van der Waals surface area contributed by atoms with Crippen molar-refractivity contribution in [1.29, 1.82) is 0 Å². The topological polar surface area (TPSA) is 255 Å². The Hall–Kier alpha value is -3.50. The average Bonchev–Trinajstić information content (AvgIpc) is 3.56. The molecule has 3 fully saturated rings. The Balaban J connectivity index is 0.0000106. The minimum atomic E-state index is -5.53. The second-order valence-electron chi connectivity index (χ2n) is 19.9. The van der Waals surface area contributed by atoms with Gasteiger partial charge in [-0.3, -0.25) is 13.8 Å². The van der Waals surface area contributed by atoms with E-state index in [1.54, 1.807) is 0 Å². The van der Waals surface area contributed by atoms with Crippen LogP contribution in [0.1, 0.15) is 81.0 Å². The van der Waals surface area contributed by atoms with Gasteiger partial charge < -0.3 is 72.2 Å². The van der Waals surface area contributed by atoms with E-state index >= 15 is 0 Å². The van der Waals surface area contributed by atoms with Crippen molar-refractivity contribution in [3.63, 3.8) is 0 Å². The van der Waals surface area contributed by atoms with Crippen LogP contribution < -0.4 is 34.9 Å². The number of ether oxygens (including phenoxy) is 11. The normalized spacial score (nSPS) is 28.6. The minimum Gasteiger partial charge on any atom is -0.726 e. The first-order chi connectivity index (χ1) is 38.7. The Morgan fingerprint density at radius 1 is 0.593 bits per heavy atom. The molecule has 0 bridgehead atoms. The number of halogens is 1. The monoisotopic (exact) mass is 1180 g/mol. The number of esters is 1. The van der Waals surface area contributed by atoms with Crippen molar-refractivity contribution in [2.45, 2.75) is 177 Å². The summed E-state index contributed by atoms with van der Waals surface area (Å²) in [6.07, 6.45) is -14.7. The van der Waals surface area contributed by atoms with Crippen LogP contribution in [0.5, 0.6) is 0 Å². The summed E-state index contributed by atoms with van der Waals surface area (Å²) in [5.74, 6) is -1.23. The number of alkyl halides is 1. The molecular weight excluding hydrogens is 1110 g/mol. The van der Waals surface area contributed by atoms with Crippen molar-refractivity contribution in [3.8, 4) is 0 Å². The largest absolute Gasteiger partial charge is 1.00 e. The molecule has 3 heterocycles. The van der Waals surface area contributed by atoms with E-state index in [2.05, 4.69) is 5.32 Å². The van der Waals surface area contributed by atoms with Gasteiger partial charge in [0.1, 0.15) is 67.1 Å². The van der Waals surface area contributed by atoms with Gasteiger partial charge in [0.25, 0.3) is 0 Å². The predicted molar refractivity (Wildman–Crippen MR) is 288 cm³/mol. The number of aliphatic hydroxyl groups is 2. The maximum absolute atomic E-state index is 13.5. The number of methoxy groups -OCH3 is 1. The van der Waals surface area contributed by atoms with E-state index in [0.717, 1.165) is 47.9 Å². The summed E-state index contributed by atoms with van der Waals surface area (Å²) in [5.41, 5.74) is 3.41. The number of rotatable bonds is 31. The molecule has 0 spiro atoms. The Labute approximate surface area is 501 Å². The number of hydrogen-bond donors (Lipinski definition) is 3. The molecule has 0 unspecified atom stereocenters. The van der Waals surface area contributed by atoms with Gasteiger partial charge in [0.2, 0.25) is 16.3 Å². The SMILES string of the molecule is COC(=O)CCCCCCCCO[C@@H]1O[C@H](COCc2ccccc2)[C@@H](O[C@@H]2O[C@H](CCl)[C@H](O)[C@H](OS(=O)(=O)[O-])[C@H]2O)[C@H](O[C@@H]2O[C@@H](C)[C@@H](OCc3ccccc3)[C@@H](OCc3ccccc3)[C@@H]2OCc2ccccc2)[C@H]1NC(C)=O.[Na+]. The molecule has 81 heavy (non-hydrogen) atoms. The van der Waals surface area contributed by atoms with Crippen molar-refractivity contribution < 1.29 is 119 Å². The van der Waals surface area contributed by atoms with Gasteiger partial charge in [-0.05, 0) is 42.0 Å². The predicted octanol–water partition coefficient (Wildman–Crippen LogP) is 3.16. The molecule has 0 saturated carbocycles. The smallest absolute Gasteiger partial charge is 0.726 e. The summed E-state index contributed by atoms with van der Waals surface area (Å²) in [5, 5.41) is 25.8. The molecule has 7 rings (SSSR count). The van der Waals surface area contributed by atoms with Gasteiger partial charge in [-0.2, -0.15) is 0 Å². The van der Waals surface area contributed by atoms with Crippen LogP contribution in [0.3, 0.4) is 0 Å². The maximum Gasteiger partial charge on any atom is 1.00 e. The summed E-state index contributed by atoms with van der Waals surface area (Å²) in [6, 6.07) is 36.8. The standard InChI is InChI=1S/C58H76ClNO19S.Na/c1-38-50(71-34-41-24-14-9-15-25-41)54(72-35-42-26-16-10-17-27-42)55(73-36-43-28-18-11-19-29-43)58(74-38)78-52-47(60-39(2)61)56(70-31-21-7-5-4-6-20-30-46(62)68-3)76-45(37-69-33-40-22-12-8-13-23-40)51(52)77-57-49(64)53(79-80(65,66)67)48(63)44(32-59)75-57;/h8-19,22-29,38,44-45,47-58,63-64H,4-7,20-21,30-37H2,1-3H3,(H,60,61)(H,65,66,67);/q;+1/p-1/t38-,44+,45+,47+,48-,49+,50+,51+,52+,53-,54+,55-,56+,57-,58-;/m0./s1. The van der Waals surface area contributed by atoms with Crippen LogP contribution in [-0.4, -0.2) is 153 Å². The molecule has 3 aliphatic rings. The van der Waals surface area contributed by atoms with Crippen molar-refractivity contribution in [1.82, 2.24) is 5.32 Å². The summed E-state index contributed by atoms with van der Waals surface area (Å²) in [6.45, 7) is 3.55. The van der Waals surface area contributed by atoms with E-state index in [4.69, 9.17) is 67.9 Å². The number of unbranched alkanes of at least 4 members (excludes halogenated alkanes) is 5. The number of nitrogens with one attached hydrogen (secondary N) is 1. The first kappa shape index (κ1) is 66.6. The molecule has 4 aromatic rings. The fourth-order valence-corrected chi connectivity index (χ4v) is 10.6. The molecule has 0 aromatic heterocycles. The zero-order valence-electron chi connectivity index (χ0n) is 46.2. The van der Waals surface area contributed by atoms with Crippen LogP contribution in [0, 0.1) is 0 Å². The molecule has 440 valence electrons. The molecule has 23 heteroatoms. The molecule has 3 aliphatic heterocycles. The Morgan fingerprint density at radius 2 is 1.09 bits per heavy atom. The molecule has 20 nitrogen and oxygen atoms in total. The van der Waals surface area contributed by atoms with E-state index in [9.17, 15) is 32.8 Å². The summed E-state index contributed by atoms with van der Waals surface area (Å²) < 4.78 is 113. The van der Waals surface area contributed by atoms with Gasteiger partial charge in [-0.1, -0.05) is 147 Å². The molecule has 3 saturated heterocycles. The van der Waals surface area contributed by atoms with Gasteiger partial charge in [-0.25, -0.2) is 8.42 Å². The second-order valence-corrected chi connectivity index (χ2v) is 21.2. The van der Waals surface area contributed by atoms with E-state index in [1.807, 2.05) is 128 Å². The van der Waals surface area contributed by atoms with Crippen molar-refractivity contribution in [3.05, 3.63) is 144 Å². The Kier molecular flexibility index (Phi) is 28.3. The van der Waals surface area contributed by atoms with E-state index in [1.165, 1.54) is 14.0 Å². The maximum atomic E-state index is 13.5. The summed E-state index contributed by atoms with van der Waals surface area (Å²) in [4.78, 5) is 25.2. The molecule has 0 radical (unpaired) electrons. The van der Waals surface area contributed by atoms with Gasteiger partial charge in [-0.15, -0.1) is 11.6 Å². The van der Waals surface area contributed by atoms with Gasteiger partial charge in [0.05, 0.1) is 52.1 Å². The minimum absolute atomic E-state index is 0. The first-order valence-corrected chi connectivity index (χ1v) is 28.9. The zero-order valence-corrected chi connectivity index (χ0v) is 49.8. The molecule has 3 N–H and O–H groups in total. The van der Waals surface area contributed by atoms with E-state index < -0.39 is 114 Å². The summed E-state index contributed by atoms with van der Waals surface area (Å²) >= 11 is 6.24. The number of amides is 1. The van der Waals surface area contributed by atoms with Crippen molar-refractivity contribution >= 4 is 33.9 Å². The average molecular weight is 1180 g/mol. The Morgan fingerprint density at radius 3 is 1.62 bits per heavy atom. The van der Waals surface area contributed by atoms with Gasteiger partial charge in [0, 0.05) is 20.0 Å². The third kappa shape index (κ3) is 20.9. The number of carbonyl (C=O) groups is 2. The molecule has 4 aromatic carbocycles. The molecule has 1 amide bonds. The number of benzene rings is 4. The van der Waals surface area contributed by atoms with Crippen LogP contribution in [0.4, 0.5) is 0 Å². The fourth-order valence-electron chi connectivity index (χ4n) is 9.82. The number of aliphatic hydroxyl groups excluding tert-OH is 2. The van der Waals surface area contributed by atoms with Crippen molar-refractivity contribution in [2.24, 2.45) is 0 Å². The van der Waals surface area contributed by atoms with E-state index in [0.29, 0.717) is 19.3 Å². The zero-order chi connectivity index (χ0) is 56.9. The van der Waals surface area contributed by atoms with Crippen LogP contribution in [0.15, 0.2) is 121 Å². The third-order valence-electron chi connectivity index (χ3n) is 13.9. The third-order valence-corrected chi connectivity index (χ3v) is 14.6. The van der Waals surface area contributed by atoms with Crippen LogP contribution >= 0.6 is 11.6 Å². The fraction of sp³-hybridized carbons (Fsp3) is 0.552. The molecule has 15 atom stereocenters. The quantitative estimate of drug-likeness (QED) is 0.0163. The van der Waals surface area contributed by atoms with Crippen LogP contribution in [0.25, 0.3) is 0 Å². The Bertz CT molecular complexity index is 2530. The van der Waals surface area contributed by atoms with Crippen LogP contribution in [0.2, 0.25) is 0 Å². The van der Waals surface area contributed by atoms with Crippen molar-refractivity contribution in [2.75, 3.05) is 26.2 Å².